The maximum Gasteiger partial charge on any atom is 0.181 e. The summed E-state index contributed by atoms with van der Waals surface area (Å²) in [5, 5.41) is 4.73. The van der Waals surface area contributed by atoms with Crippen molar-refractivity contribution in [3.63, 3.8) is 0 Å². The molecule has 0 atom stereocenters. The van der Waals surface area contributed by atoms with Gasteiger partial charge in [-0.15, -0.1) is 0 Å². The van der Waals surface area contributed by atoms with Gasteiger partial charge in [-0.05, 0) is 60.0 Å². The van der Waals surface area contributed by atoms with E-state index in [0.717, 1.165) is 39.6 Å². The number of ether oxygens (including phenoxy) is 3. The van der Waals surface area contributed by atoms with Crippen LogP contribution >= 0.6 is 0 Å². The molecule has 0 bridgehead atoms. The van der Waals surface area contributed by atoms with Crippen molar-refractivity contribution in [2.75, 3.05) is 14.2 Å². The minimum Gasteiger partial charge on any atom is -0.497 e. The topological polar surface area (TPSA) is 71.3 Å². The molecule has 0 fully saturated rings. The first-order valence-corrected chi connectivity index (χ1v) is 12.5. The van der Waals surface area contributed by atoms with Gasteiger partial charge in [0, 0.05) is 24.5 Å². The van der Waals surface area contributed by atoms with E-state index < -0.39 is 5.60 Å². The molecule has 2 aromatic heterocycles. The summed E-state index contributed by atoms with van der Waals surface area (Å²) < 4.78 is 19.8. The fraction of sp³-hybridized carbons (Fsp3) is 0.194. The summed E-state index contributed by atoms with van der Waals surface area (Å²) >= 11 is 0. The molecule has 3 aromatic carbocycles. The molecule has 0 unspecified atom stereocenters. The molecule has 0 amide bonds. The van der Waals surface area contributed by atoms with Crippen molar-refractivity contribution < 1.29 is 14.2 Å². The van der Waals surface area contributed by atoms with Crippen molar-refractivity contribution in [1.29, 1.82) is 0 Å². The van der Waals surface area contributed by atoms with Crippen LogP contribution in [-0.4, -0.2) is 34.0 Å². The summed E-state index contributed by atoms with van der Waals surface area (Å²) in [6.07, 6.45) is 3.48. The molecular weight excluding hydrogens is 476 g/mol. The van der Waals surface area contributed by atoms with Crippen LogP contribution < -0.4 is 9.47 Å². The minimum absolute atomic E-state index is 0.235. The van der Waals surface area contributed by atoms with Gasteiger partial charge in [0.1, 0.15) is 23.7 Å². The minimum atomic E-state index is -0.929. The van der Waals surface area contributed by atoms with Gasteiger partial charge in [0.15, 0.2) is 11.6 Å². The largest absolute Gasteiger partial charge is 0.497 e. The Morgan fingerprint density at radius 3 is 1.79 bits per heavy atom. The van der Waals surface area contributed by atoms with Crippen LogP contribution in [0.5, 0.6) is 11.5 Å². The standard InChI is InChI=1S/C31H30N4O3/c1-4-35-29(33-30(34-35)23-18-20-32-21-19-23)22-38-31(24-8-6-5-7-9-24,25-10-14-27(36-2)15-11-25)26-12-16-28(37-3)17-13-26/h5-21H,4,22H2,1-3H3. The summed E-state index contributed by atoms with van der Waals surface area (Å²) in [7, 11) is 3.33. The van der Waals surface area contributed by atoms with Crippen molar-refractivity contribution in [2.45, 2.75) is 25.7 Å². The number of pyridine rings is 1. The van der Waals surface area contributed by atoms with Crippen molar-refractivity contribution in [2.24, 2.45) is 0 Å². The Hall–Kier alpha value is -4.49. The number of rotatable bonds is 10. The number of hydrogen-bond acceptors (Lipinski definition) is 6. The lowest BCUT2D eigenvalue weighted by Gasteiger charge is -2.36. The first kappa shape index (κ1) is 25.2. The molecule has 0 spiro atoms. The number of nitrogens with zero attached hydrogens (tertiary/aromatic N) is 4. The van der Waals surface area contributed by atoms with Crippen LogP contribution in [0.1, 0.15) is 29.4 Å². The quantitative estimate of drug-likeness (QED) is 0.220. The van der Waals surface area contributed by atoms with E-state index >= 15 is 0 Å². The zero-order chi connectivity index (χ0) is 26.4. The fourth-order valence-electron chi connectivity index (χ4n) is 4.60. The molecule has 7 nitrogen and oxygen atoms in total. The van der Waals surface area contributed by atoms with E-state index in [1.165, 1.54) is 0 Å². The third-order valence-corrected chi connectivity index (χ3v) is 6.58. The summed E-state index contributed by atoms with van der Waals surface area (Å²) in [4.78, 5) is 8.96. The highest BCUT2D eigenvalue weighted by Gasteiger charge is 2.38. The Labute approximate surface area is 222 Å². The summed E-state index contributed by atoms with van der Waals surface area (Å²) in [5.74, 6) is 2.94. The molecule has 7 heteroatoms. The van der Waals surface area contributed by atoms with E-state index in [1.807, 2.05) is 90.5 Å². The van der Waals surface area contributed by atoms with Crippen molar-refractivity contribution in [3.05, 3.63) is 126 Å². The van der Waals surface area contributed by atoms with E-state index in [-0.39, 0.29) is 6.61 Å². The molecule has 0 aliphatic carbocycles. The normalized spacial score (nSPS) is 11.3. The molecule has 0 saturated carbocycles. The van der Waals surface area contributed by atoms with Crippen LogP contribution in [0.2, 0.25) is 0 Å². The van der Waals surface area contributed by atoms with Crippen LogP contribution in [0.3, 0.4) is 0 Å². The monoisotopic (exact) mass is 506 g/mol. The maximum atomic E-state index is 7.00. The van der Waals surface area contributed by atoms with Crippen LogP contribution in [0.15, 0.2) is 103 Å². The van der Waals surface area contributed by atoms with E-state index in [4.69, 9.17) is 24.3 Å². The van der Waals surface area contributed by atoms with E-state index in [0.29, 0.717) is 12.4 Å². The SMILES string of the molecule is CCn1nc(-c2ccncc2)nc1COC(c1ccccc1)(c1ccc(OC)cc1)c1ccc(OC)cc1. The summed E-state index contributed by atoms with van der Waals surface area (Å²) in [6, 6.07) is 30.0. The summed E-state index contributed by atoms with van der Waals surface area (Å²) in [6.45, 7) is 2.95. The van der Waals surface area contributed by atoms with Crippen molar-refractivity contribution in [3.8, 4) is 22.9 Å². The Morgan fingerprint density at radius 1 is 0.711 bits per heavy atom. The molecule has 192 valence electrons. The van der Waals surface area contributed by atoms with Crippen molar-refractivity contribution >= 4 is 0 Å². The van der Waals surface area contributed by atoms with Crippen LogP contribution in [0, 0.1) is 0 Å². The van der Waals surface area contributed by atoms with Crippen LogP contribution in [0.4, 0.5) is 0 Å². The van der Waals surface area contributed by atoms with E-state index in [9.17, 15) is 0 Å². The van der Waals surface area contributed by atoms with E-state index in [2.05, 4.69) is 17.1 Å². The van der Waals surface area contributed by atoms with Crippen LogP contribution in [0.25, 0.3) is 11.4 Å². The first-order chi connectivity index (χ1) is 18.7. The number of aryl methyl sites for hydroxylation is 1. The van der Waals surface area contributed by atoms with Gasteiger partial charge in [-0.3, -0.25) is 4.98 Å². The van der Waals surface area contributed by atoms with Crippen molar-refractivity contribution in [1.82, 2.24) is 19.7 Å². The lowest BCUT2D eigenvalue weighted by atomic mass is 9.80. The molecule has 38 heavy (non-hydrogen) atoms. The lowest BCUT2D eigenvalue weighted by Crippen LogP contribution is -2.33. The van der Waals surface area contributed by atoms with Gasteiger partial charge in [-0.1, -0.05) is 54.6 Å². The van der Waals surface area contributed by atoms with Gasteiger partial charge >= 0.3 is 0 Å². The third-order valence-electron chi connectivity index (χ3n) is 6.58. The molecule has 2 heterocycles. The number of aromatic nitrogens is 4. The predicted molar refractivity (Wildman–Crippen MR) is 146 cm³/mol. The number of methoxy groups -OCH3 is 2. The van der Waals surface area contributed by atoms with E-state index in [1.54, 1.807) is 26.6 Å². The smallest absolute Gasteiger partial charge is 0.181 e. The molecule has 0 aliphatic heterocycles. The van der Waals surface area contributed by atoms with Gasteiger partial charge < -0.3 is 14.2 Å². The second-order valence-electron chi connectivity index (χ2n) is 8.70. The molecule has 5 rings (SSSR count). The molecule has 0 aliphatic rings. The third kappa shape index (κ3) is 4.88. The highest BCUT2D eigenvalue weighted by Crippen LogP contribution is 2.42. The Kier molecular flexibility index (Phi) is 7.47. The zero-order valence-corrected chi connectivity index (χ0v) is 21.7. The molecule has 0 radical (unpaired) electrons. The number of benzene rings is 3. The first-order valence-electron chi connectivity index (χ1n) is 12.5. The molecule has 0 saturated heterocycles. The molecular formula is C31H30N4O3. The Morgan fingerprint density at radius 2 is 1.26 bits per heavy atom. The highest BCUT2D eigenvalue weighted by atomic mass is 16.5. The lowest BCUT2D eigenvalue weighted by molar-refractivity contribution is -0.00484. The fourth-order valence-corrected chi connectivity index (χ4v) is 4.60. The molecule has 0 N–H and O–H groups in total. The second-order valence-corrected chi connectivity index (χ2v) is 8.70. The average Bonchev–Trinajstić information content (AvgIpc) is 3.42. The molecule has 5 aromatic rings. The van der Waals surface area contributed by atoms with Gasteiger partial charge in [0.2, 0.25) is 0 Å². The maximum absolute atomic E-state index is 7.00. The van der Waals surface area contributed by atoms with Gasteiger partial charge in [-0.2, -0.15) is 5.10 Å². The van der Waals surface area contributed by atoms with Gasteiger partial charge in [0.05, 0.1) is 14.2 Å². The average molecular weight is 507 g/mol. The zero-order valence-electron chi connectivity index (χ0n) is 21.7. The second kappa shape index (κ2) is 11.3. The predicted octanol–water partition coefficient (Wildman–Crippen LogP) is 5.89. The van der Waals surface area contributed by atoms with Crippen LogP contribution in [-0.2, 0) is 23.5 Å². The highest BCUT2D eigenvalue weighted by molar-refractivity contribution is 5.53. The van der Waals surface area contributed by atoms with Gasteiger partial charge in [0.25, 0.3) is 0 Å². The Balaban J connectivity index is 1.63. The summed E-state index contributed by atoms with van der Waals surface area (Å²) in [5.41, 5.74) is 2.90. The Bertz CT molecular complexity index is 1400. The number of hydrogen-bond donors (Lipinski definition) is 0. The van der Waals surface area contributed by atoms with Gasteiger partial charge in [-0.25, -0.2) is 9.67 Å².